The van der Waals surface area contributed by atoms with Crippen molar-refractivity contribution in [3.05, 3.63) is 48.6 Å². The lowest BCUT2D eigenvalue weighted by Crippen LogP contribution is -2.30. The summed E-state index contributed by atoms with van der Waals surface area (Å²) >= 11 is 0. The van der Waals surface area contributed by atoms with Crippen molar-refractivity contribution in [2.24, 2.45) is 0 Å². The predicted octanol–water partition coefficient (Wildman–Crippen LogP) is 22.6. The van der Waals surface area contributed by atoms with Crippen molar-refractivity contribution in [2.45, 2.75) is 361 Å². The normalized spacial score (nSPS) is 12.3. The number of hydrogen-bond acceptors (Lipinski definition) is 6. The van der Waals surface area contributed by atoms with Gasteiger partial charge in [-0.2, -0.15) is 0 Å². The van der Waals surface area contributed by atoms with Crippen LogP contribution >= 0.6 is 0 Å². The number of allylic oxidation sites excluding steroid dienone is 8. The van der Waals surface area contributed by atoms with Gasteiger partial charge in [-0.25, -0.2) is 0 Å². The fourth-order valence-electron chi connectivity index (χ4n) is 9.91. The Bertz CT molecular complexity index is 1300. The Morgan fingerprint density at radius 2 is 0.520 bits per heavy atom. The summed E-state index contributed by atoms with van der Waals surface area (Å²) in [6.45, 7) is 6.54. The third kappa shape index (κ3) is 62.1. The number of esters is 3. The van der Waals surface area contributed by atoms with E-state index in [2.05, 4.69) is 69.4 Å². The monoisotopic (exact) mass is 1050 g/mol. The maximum Gasteiger partial charge on any atom is 0.306 e. The predicted molar refractivity (Wildman–Crippen MR) is 325 cm³/mol. The molecule has 0 aliphatic heterocycles. The third-order valence-corrected chi connectivity index (χ3v) is 14.8. The smallest absolute Gasteiger partial charge is 0.306 e. The lowest BCUT2D eigenvalue weighted by Gasteiger charge is -2.18. The maximum atomic E-state index is 12.9. The van der Waals surface area contributed by atoms with Gasteiger partial charge in [0, 0.05) is 19.3 Å². The van der Waals surface area contributed by atoms with E-state index < -0.39 is 6.10 Å². The molecule has 0 aliphatic carbocycles. The zero-order chi connectivity index (χ0) is 54.3. The highest BCUT2D eigenvalue weighted by atomic mass is 16.6. The molecule has 0 saturated heterocycles. The highest BCUT2D eigenvalue weighted by Gasteiger charge is 2.19. The Morgan fingerprint density at radius 1 is 0.280 bits per heavy atom. The quantitative estimate of drug-likeness (QED) is 0.0261. The average Bonchev–Trinajstić information content (AvgIpc) is 3.41. The zero-order valence-corrected chi connectivity index (χ0v) is 50.3. The number of ether oxygens (including phenoxy) is 3. The molecule has 0 aromatic carbocycles. The number of carbonyl (C=O) groups excluding carboxylic acids is 3. The molecular formula is C69H126O6. The summed E-state index contributed by atoms with van der Waals surface area (Å²) in [7, 11) is 0. The Balaban J connectivity index is 4.06. The Morgan fingerprint density at radius 3 is 0.813 bits per heavy atom. The van der Waals surface area contributed by atoms with E-state index in [4.69, 9.17) is 14.2 Å². The second-order valence-corrected chi connectivity index (χ2v) is 22.4. The molecule has 1 unspecified atom stereocenters. The van der Waals surface area contributed by atoms with Crippen LogP contribution in [0.2, 0.25) is 0 Å². The van der Waals surface area contributed by atoms with E-state index in [-0.39, 0.29) is 31.1 Å². The van der Waals surface area contributed by atoms with Crippen LogP contribution in [0, 0.1) is 0 Å². The first-order valence-corrected chi connectivity index (χ1v) is 33.1. The van der Waals surface area contributed by atoms with E-state index in [1.165, 1.54) is 218 Å². The molecule has 0 saturated carbocycles. The van der Waals surface area contributed by atoms with Crippen LogP contribution in [-0.4, -0.2) is 37.2 Å². The van der Waals surface area contributed by atoms with Crippen LogP contribution in [0.1, 0.15) is 355 Å². The van der Waals surface area contributed by atoms with Gasteiger partial charge in [0.2, 0.25) is 0 Å². The molecule has 0 N–H and O–H groups in total. The molecule has 6 nitrogen and oxygen atoms in total. The van der Waals surface area contributed by atoms with Gasteiger partial charge < -0.3 is 14.2 Å². The van der Waals surface area contributed by atoms with Crippen LogP contribution in [0.5, 0.6) is 0 Å². The van der Waals surface area contributed by atoms with Crippen LogP contribution in [0.15, 0.2) is 48.6 Å². The molecule has 438 valence electrons. The summed E-state index contributed by atoms with van der Waals surface area (Å²) in [4.78, 5) is 38.1. The van der Waals surface area contributed by atoms with E-state index in [1.807, 2.05) is 0 Å². The fourth-order valence-corrected chi connectivity index (χ4v) is 9.91. The van der Waals surface area contributed by atoms with Gasteiger partial charge in [-0.1, -0.05) is 326 Å². The minimum atomic E-state index is -0.777. The second-order valence-electron chi connectivity index (χ2n) is 22.4. The van der Waals surface area contributed by atoms with Crippen LogP contribution in [0.4, 0.5) is 0 Å². The average molecular weight is 1050 g/mol. The van der Waals surface area contributed by atoms with Gasteiger partial charge in [-0.05, 0) is 57.8 Å². The van der Waals surface area contributed by atoms with Crippen molar-refractivity contribution in [1.82, 2.24) is 0 Å². The first kappa shape index (κ1) is 72.4. The van der Waals surface area contributed by atoms with Gasteiger partial charge in [0.1, 0.15) is 13.2 Å². The summed E-state index contributed by atoms with van der Waals surface area (Å²) in [6, 6.07) is 0. The molecule has 0 aromatic rings. The molecule has 0 heterocycles. The summed E-state index contributed by atoms with van der Waals surface area (Å²) in [5, 5.41) is 0. The van der Waals surface area contributed by atoms with Gasteiger partial charge >= 0.3 is 17.9 Å². The van der Waals surface area contributed by atoms with Crippen LogP contribution in [0.25, 0.3) is 0 Å². The lowest BCUT2D eigenvalue weighted by molar-refractivity contribution is -0.167. The molecule has 1 atom stereocenters. The summed E-state index contributed by atoms with van der Waals surface area (Å²) in [5.41, 5.74) is 0. The van der Waals surface area contributed by atoms with E-state index in [0.717, 1.165) is 96.3 Å². The van der Waals surface area contributed by atoms with E-state index in [0.29, 0.717) is 19.3 Å². The van der Waals surface area contributed by atoms with Crippen molar-refractivity contribution in [3.63, 3.8) is 0 Å². The van der Waals surface area contributed by atoms with Gasteiger partial charge in [-0.3, -0.25) is 14.4 Å². The number of unbranched alkanes of at least 4 members (excludes halogenated alkanes) is 42. The Hall–Kier alpha value is -2.63. The van der Waals surface area contributed by atoms with Crippen LogP contribution < -0.4 is 0 Å². The van der Waals surface area contributed by atoms with Gasteiger partial charge in [0.15, 0.2) is 6.10 Å². The summed E-state index contributed by atoms with van der Waals surface area (Å²) in [6.07, 6.45) is 80.2. The molecule has 0 aromatic heterocycles. The molecule has 0 rings (SSSR count). The highest BCUT2D eigenvalue weighted by molar-refractivity contribution is 5.71. The molecule has 75 heavy (non-hydrogen) atoms. The topological polar surface area (TPSA) is 78.9 Å². The number of hydrogen-bond donors (Lipinski definition) is 0. The fraction of sp³-hybridized carbons (Fsp3) is 0.841. The number of rotatable bonds is 61. The molecule has 0 fully saturated rings. The first-order valence-electron chi connectivity index (χ1n) is 33.1. The van der Waals surface area contributed by atoms with Crippen LogP contribution in [0.3, 0.4) is 0 Å². The van der Waals surface area contributed by atoms with Crippen molar-refractivity contribution in [2.75, 3.05) is 13.2 Å². The van der Waals surface area contributed by atoms with Gasteiger partial charge in [0.25, 0.3) is 0 Å². The molecule has 0 spiro atoms. The van der Waals surface area contributed by atoms with Gasteiger partial charge in [-0.15, -0.1) is 0 Å². The van der Waals surface area contributed by atoms with Crippen molar-refractivity contribution in [1.29, 1.82) is 0 Å². The standard InChI is InChI=1S/C69H126O6/c1-4-7-10-13-16-19-21-23-25-27-29-30-31-32-33-34-35-36-37-38-39-41-42-44-46-48-50-53-56-59-62-68(71)74-65-66(64-73-67(70)61-58-55-52-18-15-12-9-6-3)75-69(72)63-60-57-54-51-49-47-45-43-40-28-26-24-22-20-17-14-11-8-5-2/h8,11,17,20,24,26,40,43,66H,4-7,9-10,12-16,18-19,21-23,25,27-39,41-42,44-65H2,1-3H3/b11-8-,20-17-,26-24-,43-40-. The van der Waals surface area contributed by atoms with Gasteiger partial charge in [0.05, 0.1) is 0 Å². The van der Waals surface area contributed by atoms with Crippen molar-refractivity contribution in [3.8, 4) is 0 Å². The third-order valence-electron chi connectivity index (χ3n) is 14.8. The molecule has 0 radical (unpaired) electrons. The zero-order valence-electron chi connectivity index (χ0n) is 50.3. The molecule has 0 amide bonds. The Kier molecular flexibility index (Phi) is 61.7. The van der Waals surface area contributed by atoms with Crippen molar-refractivity contribution < 1.29 is 28.6 Å². The molecule has 6 heteroatoms. The highest BCUT2D eigenvalue weighted by Crippen LogP contribution is 2.18. The number of carbonyl (C=O) groups is 3. The largest absolute Gasteiger partial charge is 0.462 e. The van der Waals surface area contributed by atoms with E-state index >= 15 is 0 Å². The minimum absolute atomic E-state index is 0.0749. The van der Waals surface area contributed by atoms with Crippen molar-refractivity contribution >= 4 is 17.9 Å². The van der Waals surface area contributed by atoms with Crippen LogP contribution in [-0.2, 0) is 28.6 Å². The summed E-state index contributed by atoms with van der Waals surface area (Å²) < 4.78 is 16.9. The molecule has 0 bridgehead atoms. The minimum Gasteiger partial charge on any atom is -0.462 e. The van der Waals surface area contributed by atoms with E-state index in [1.54, 1.807) is 0 Å². The SMILES string of the molecule is CC/C=C\C/C=C\C/C=C\C/C=C\CCCCCCCCC(=O)OC(COC(=O)CCCCCCCCCC)COC(=O)CCCCCCCCCCCCCCCCCCCCCCCCCCCCCCCC. The first-order chi connectivity index (χ1) is 37.0. The Labute approximate surface area is 467 Å². The van der Waals surface area contributed by atoms with E-state index in [9.17, 15) is 14.4 Å². The lowest BCUT2D eigenvalue weighted by atomic mass is 10.0. The molecular weight excluding hydrogens is 925 g/mol. The summed E-state index contributed by atoms with van der Waals surface area (Å²) in [5.74, 6) is -0.874. The second kappa shape index (κ2) is 63.9. The maximum absolute atomic E-state index is 12.9. The molecule has 0 aliphatic rings.